The lowest BCUT2D eigenvalue weighted by Crippen LogP contribution is -1.98. The van der Waals surface area contributed by atoms with E-state index in [1.54, 1.807) is 12.1 Å². The second-order valence-electron chi connectivity index (χ2n) is 3.57. The van der Waals surface area contributed by atoms with E-state index in [-0.39, 0.29) is 5.82 Å². The van der Waals surface area contributed by atoms with E-state index in [1.165, 1.54) is 11.6 Å². The number of hydrogen-bond acceptors (Lipinski definition) is 0. The van der Waals surface area contributed by atoms with Crippen molar-refractivity contribution in [2.24, 2.45) is 0 Å². The second-order valence-corrected chi connectivity index (χ2v) is 4.19. The molecule has 76 valence electrons. The second kappa shape index (κ2) is 4.12. The molecule has 0 nitrogen and oxygen atoms in total. The van der Waals surface area contributed by atoms with Crippen LogP contribution in [0.2, 0.25) is 0 Å². The Bertz CT molecular complexity index is 492. The highest BCUT2D eigenvalue weighted by Crippen LogP contribution is 2.22. The van der Waals surface area contributed by atoms with Gasteiger partial charge in [0.15, 0.2) is 0 Å². The molecular weight excluding hydrogens is 206 g/mol. The highest BCUT2D eigenvalue weighted by Gasteiger charge is 2.06. The van der Waals surface area contributed by atoms with Crippen LogP contribution in [0.15, 0.2) is 42.5 Å². The molecule has 0 saturated heterocycles. The Balaban J connectivity index is 2.60. The van der Waals surface area contributed by atoms with Gasteiger partial charge in [-0.15, -0.1) is 9.24 Å². The van der Waals surface area contributed by atoms with E-state index in [0.29, 0.717) is 5.56 Å². The van der Waals surface area contributed by atoms with Crippen LogP contribution in [0.25, 0.3) is 11.1 Å². The summed E-state index contributed by atoms with van der Waals surface area (Å²) in [5.74, 6) is -0.176. The fourth-order valence-corrected chi connectivity index (χ4v) is 2.12. The van der Waals surface area contributed by atoms with Gasteiger partial charge in [-0.1, -0.05) is 42.0 Å². The SMILES string of the molecule is Cc1ccc(-c2ccccc2F)c(P)c1. The Morgan fingerprint density at radius 1 is 1.00 bits per heavy atom. The third-order valence-corrected chi connectivity index (χ3v) is 2.85. The van der Waals surface area contributed by atoms with Crippen molar-refractivity contribution < 1.29 is 4.39 Å². The quantitative estimate of drug-likeness (QED) is 0.644. The van der Waals surface area contributed by atoms with Crippen molar-refractivity contribution >= 4 is 14.5 Å². The Morgan fingerprint density at radius 2 is 1.73 bits per heavy atom. The molecule has 1 unspecified atom stereocenters. The molecule has 1 atom stereocenters. The lowest BCUT2D eigenvalue weighted by atomic mass is 10.0. The van der Waals surface area contributed by atoms with Gasteiger partial charge in [0.05, 0.1) is 0 Å². The average Bonchev–Trinajstić information content (AvgIpc) is 2.20. The van der Waals surface area contributed by atoms with Crippen molar-refractivity contribution in [3.8, 4) is 11.1 Å². The molecule has 0 aliphatic heterocycles. The van der Waals surface area contributed by atoms with E-state index in [2.05, 4.69) is 9.24 Å². The summed E-state index contributed by atoms with van der Waals surface area (Å²) in [5, 5.41) is 1.03. The predicted octanol–water partition coefficient (Wildman–Crippen LogP) is 3.30. The summed E-state index contributed by atoms with van der Waals surface area (Å²) < 4.78 is 13.5. The van der Waals surface area contributed by atoms with Crippen LogP contribution in [0.4, 0.5) is 4.39 Å². The summed E-state index contributed by atoms with van der Waals surface area (Å²) >= 11 is 0. The predicted molar refractivity (Wildman–Crippen MR) is 65.9 cm³/mol. The number of rotatable bonds is 1. The standard InChI is InChI=1S/C13H12FP/c1-9-6-7-11(13(15)8-9)10-4-2-3-5-12(10)14/h2-8H,15H2,1H3. The van der Waals surface area contributed by atoms with Crippen molar-refractivity contribution in [3.05, 3.63) is 53.8 Å². The maximum absolute atomic E-state index is 13.5. The molecule has 0 amide bonds. The van der Waals surface area contributed by atoms with Gasteiger partial charge in [-0.3, -0.25) is 0 Å². The van der Waals surface area contributed by atoms with Crippen LogP contribution in [-0.2, 0) is 0 Å². The van der Waals surface area contributed by atoms with Crippen molar-refractivity contribution in [1.29, 1.82) is 0 Å². The Hall–Kier alpha value is -1.20. The Labute approximate surface area is 91.3 Å². The zero-order chi connectivity index (χ0) is 10.8. The number of halogens is 1. The molecule has 0 fully saturated rings. The van der Waals surface area contributed by atoms with Crippen LogP contribution in [0.1, 0.15) is 5.56 Å². The van der Waals surface area contributed by atoms with Gasteiger partial charge in [-0.25, -0.2) is 4.39 Å². The van der Waals surface area contributed by atoms with Crippen molar-refractivity contribution in [2.45, 2.75) is 6.92 Å². The highest BCUT2D eigenvalue weighted by atomic mass is 31.0. The molecule has 0 radical (unpaired) electrons. The highest BCUT2D eigenvalue weighted by molar-refractivity contribution is 7.28. The van der Waals surface area contributed by atoms with Crippen LogP contribution in [0.5, 0.6) is 0 Å². The topological polar surface area (TPSA) is 0 Å². The van der Waals surface area contributed by atoms with Gasteiger partial charge in [-0.2, -0.15) is 0 Å². The molecule has 2 aromatic carbocycles. The van der Waals surface area contributed by atoms with Gasteiger partial charge < -0.3 is 0 Å². The first-order valence-corrected chi connectivity index (χ1v) is 5.37. The van der Waals surface area contributed by atoms with Crippen molar-refractivity contribution in [2.75, 3.05) is 0 Å². The van der Waals surface area contributed by atoms with Gasteiger partial charge in [0.1, 0.15) is 5.82 Å². The van der Waals surface area contributed by atoms with Gasteiger partial charge in [0.2, 0.25) is 0 Å². The summed E-state index contributed by atoms with van der Waals surface area (Å²) in [6.07, 6.45) is 0. The molecule has 2 rings (SSSR count). The van der Waals surface area contributed by atoms with Gasteiger partial charge in [-0.05, 0) is 23.9 Å². The van der Waals surface area contributed by atoms with Gasteiger partial charge in [0.25, 0.3) is 0 Å². The molecule has 0 spiro atoms. The molecule has 2 heteroatoms. The molecule has 0 saturated carbocycles. The van der Waals surface area contributed by atoms with Crippen LogP contribution >= 0.6 is 9.24 Å². The summed E-state index contributed by atoms with van der Waals surface area (Å²) in [5.41, 5.74) is 2.77. The molecule has 0 aromatic heterocycles. The molecular formula is C13H12FP. The fourth-order valence-electron chi connectivity index (χ4n) is 1.61. The molecule has 15 heavy (non-hydrogen) atoms. The van der Waals surface area contributed by atoms with Crippen LogP contribution in [0.3, 0.4) is 0 Å². The average molecular weight is 218 g/mol. The lowest BCUT2D eigenvalue weighted by Gasteiger charge is -2.07. The zero-order valence-electron chi connectivity index (χ0n) is 8.50. The first-order chi connectivity index (χ1) is 7.18. The molecule has 0 bridgehead atoms. The van der Waals surface area contributed by atoms with Crippen molar-refractivity contribution in [3.63, 3.8) is 0 Å². The van der Waals surface area contributed by atoms with Crippen LogP contribution in [0, 0.1) is 12.7 Å². The minimum absolute atomic E-state index is 0.176. The number of hydrogen-bond donors (Lipinski definition) is 0. The van der Waals surface area contributed by atoms with E-state index >= 15 is 0 Å². The maximum Gasteiger partial charge on any atom is 0.131 e. The smallest absolute Gasteiger partial charge is 0.131 e. The van der Waals surface area contributed by atoms with E-state index in [1.807, 2.05) is 31.2 Å². The maximum atomic E-state index is 13.5. The third kappa shape index (κ3) is 2.08. The largest absolute Gasteiger partial charge is 0.206 e. The number of aryl methyl sites for hydroxylation is 1. The lowest BCUT2D eigenvalue weighted by molar-refractivity contribution is 0.631. The minimum atomic E-state index is -0.176. The fraction of sp³-hybridized carbons (Fsp3) is 0.0769. The minimum Gasteiger partial charge on any atom is -0.206 e. The molecule has 0 aliphatic carbocycles. The first kappa shape index (κ1) is 10.3. The Kier molecular flexibility index (Phi) is 2.83. The monoisotopic (exact) mass is 218 g/mol. The van der Waals surface area contributed by atoms with E-state index in [9.17, 15) is 4.39 Å². The van der Waals surface area contributed by atoms with Crippen LogP contribution < -0.4 is 5.30 Å². The summed E-state index contributed by atoms with van der Waals surface area (Å²) in [6.45, 7) is 2.03. The summed E-state index contributed by atoms with van der Waals surface area (Å²) in [7, 11) is 2.65. The molecule has 0 heterocycles. The molecule has 0 aliphatic rings. The van der Waals surface area contributed by atoms with Gasteiger partial charge in [0, 0.05) is 5.56 Å². The third-order valence-electron chi connectivity index (χ3n) is 2.37. The number of benzene rings is 2. The Morgan fingerprint density at radius 3 is 2.40 bits per heavy atom. The van der Waals surface area contributed by atoms with Crippen LogP contribution in [-0.4, -0.2) is 0 Å². The van der Waals surface area contributed by atoms with Gasteiger partial charge >= 0.3 is 0 Å². The van der Waals surface area contributed by atoms with Crippen molar-refractivity contribution in [1.82, 2.24) is 0 Å². The van der Waals surface area contributed by atoms with E-state index in [0.717, 1.165) is 10.9 Å². The first-order valence-electron chi connectivity index (χ1n) is 4.79. The molecule has 0 N–H and O–H groups in total. The zero-order valence-corrected chi connectivity index (χ0v) is 9.65. The summed E-state index contributed by atoms with van der Waals surface area (Å²) in [6, 6.07) is 12.8. The van der Waals surface area contributed by atoms with E-state index < -0.39 is 0 Å². The molecule has 2 aromatic rings. The normalized spacial score (nSPS) is 10.3. The van der Waals surface area contributed by atoms with E-state index in [4.69, 9.17) is 0 Å². The summed E-state index contributed by atoms with van der Waals surface area (Å²) in [4.78, 5) is 0.